The van der Waals surface area contributed by atoms with Crippen molar-refractivity contribution in [1.82, 2.24) is 4.90 Å². The van der Waals surface area contributed by atoms with E-state index in [-0.39, 0.29) is 17.0 Å². The minimum absolute atomic E-state index is 0. The number of hydrogen-bond acceptors (Lipinski definition) is 1. The van der Waals surface area contributed by atoms with Crippen LogP contribution in [0.15, 0.2) is 12.8 Å². The lowest BCUT2D eigenvalue weighted by Crippen LogP contribution is -2.14. The summed E-state index contributed by atoms with van der Waals surface area (Å²) in [5.41, 5.74) is 0. The van der Waals surface area contributed by atoms with Crippen LogP contribution in [0, 0.1) is 0 Å². The molecule has 0 N–H and O–H groups in total. The number of halogens is 1. The molecule has 0 spiro atoms. The molecule has 1 nitrogen and oxygen atoms in total. The highest BCUT2D eigenvalue weighted by Gasteiger charge is 1.83. The molecule has 0 aliphatic heterocycles. The summed E-state index contributed by atoms with van der Waals surface area (Å²) >= 11 is 0. The molecule has 2 heteroatoms. The second-order valence-corrected chi connectivity index (χ2v) is 1.40. The Morgan fingerprint density at radius 1 is 1.38 bits per heavy atom. The lowest BCUT2D eigenvalue weighted by atomic mass is 10.5. The smallest absolute Gasteiger partial charge is 0.0143 e. The zero-order valence-electron chi connectivity index (χ0n) is 5.55. The third-order valence-electron chi connectivity index (χ3n) is 1.07. The molecule has 0 aromatic heterocycles. The predicted molar refractivity (Wildman–Crippen MR) is 43.4 cm³/mol. The Morgan fingerprint density at radius 2 is 1.75 bits per heavy atom. The van der Waals surface area contributed by atoms with Crippen LogP contribution in [0.1, 0.15) is 13.8 Å². The Labute approximate surface area is 62.1 Å². The van der Waals surface area contributed by atoms with E-state index in [1.165, 1.54) is 0 Å². The lowest BCUT2D eigenvalue weighted by Gasteiger charge is -2.12. The van der Waals surface area contributed by atoms with Gasteiger partial charge in [0.2, 0.25) is 0 Å². The Morgan fingerprint density at radius 3 is 1.75 bits per heavy atom. The normalized spacial score (nSPS) is 7.25. The molecule has 0 aromatic rings. The molecule has 0 aromatic carbocycles. The van der Waals surface area contributed by atoms with E-state index in [1.54, 1.807) is 0 Å². The van der Waals surface area contributed by atoms with Crippen LogP contribution in [0.4, 0.5) is 0 Å². The monoisotopic (exact) mass is 179 g/mol. The zero-order valence-corrected chi connectivity index (χ0v) is 7.27. The van der Waals surface area contributed by atoms with Crippen molar-refractivity contribution in [2.75, 3.05) is 13.1 Å². The molecule has 0 aliphatic carbocycles. The molecule has 0 fully saturated rings. The average Bonchev–Trinajstić information content (AvgIpc) is 1.72. The topological polar surface area (TPSA) is 3.24 Å². The van der Waals surface area contributed by atoms with Crippen LogP contribution < -0.4 is 0 Å². The molecule has 0 heterocycles. The maximum Gasteiger partial charge on any atom is 0.0143 e. The standard InChI is InChI=1S/C6H13N.BrH/c1-4-7(5-2)6-3;/h4H,1,5-6H2,2-3H3;1H. The van der Waals surface area contributed by atoms with Crippen LogP contribution in [0.5, 0.6) is 0 Å². The first-order valence-corrected chi connectivity index (χ1v) is 2.71. The quantitative estimate of drug-likeness (QED) is 0.642. The third kappa shape index (κ3) is 4.19. The minimum atomic E-state index is 0. The molecular weight excluding hydrogens is 166 g/mol. The summed E-state index contributed by atoms with van der Waals surface area (Å²) in [6.45, 7) is 10.0. The van der Waals surface area contributed by atoms with Crippen molar-refractivity contribution in [3.05, 3.63) is 12.8 Å². The molecule has 0 amide bonds. The van der Waals surface area contributed by atoms with Gasteiger partial charge in [-0.2, -0.15) is 0 Å². The van der Waals surface area contributed by atoms with Gasteiger partial charge in [-0.1, -0.05) is 6.58 Å². The highest BCUT2D eigenvalue weighted by Crippen LogP contribution is 1.82. The van der Waals surface area contributed by atoms with Gasteiger partial charge in [-0.05, 0) is 20.0 Å². The van der Waals surface area contributed by atoms with Crippen molar-refractivity contribution in [3.63, 3.8) is 0 Å². The van der Waals surface area contributed by atoms with Gasteiger partial charge in [0.1, 0.15) is 0 Å². The van der Waals surface area contributed by atoms with Crippen LogP contribution in [0.2, 0.25) is 0 Å². The number of nitrogens with zero attached hydrogens (tertiary/aromatic N) is 1. The molecule has 0 bridgehead atoms. The van der Waals surface area contributed by atoms with Gasteiger partial charge in [0, 0.05) is 13.1 Å². The fraction of sp³-hybridized carbons (Fsp3) is 0.667. The highest BCUT2D eigenvalue weighted by atomic mass is 79.9. The van der Waals surface area contributed by atoms with E-state index in [4.69, 9.17) is 0 Å². The number of hydrogen-bond donors (Lipinski definition) is 0. The van der Waals surface area contributed by atoms with Crippen LogP contribution in [0.25, 0.3) is 0 Å². The second-order valence-electron chi connectivity index (χ2n) is 1.40. The molecule has 0 saturated carbocycles. The van der Waals surface area contributed by atoms with Crippen molar-refractivity contribution in [2.45, 2.75) is 13.8 Å². The van der Waals surface area contributed by atoms with Gasteiger partial charge < -0.3 is 4.90 Å². The summed E-state index contributed by atoms with van der Waals surface area (Å²) < 4.78 is 0. The summed E-state index contributed by atoms with van der Waals surface area (Å²) in [6, 6.07) is 0. The Balaban J connectivity index is 0. The van der Waals surface area contributed by atoms with E-state index in [2.05, 4.69) is 25.3 Å². The summed E-state index contributed by atoms with van der Waals surface area (Å²) in [6.07, 6.45) is 1.86. The fourth-order valence-corrected chi connectivity index (χ4v) is 0.482. The van der Waals surface area contributed by atoms with Gasteiger partial charge in [0.15, 0.2) is 0 Å². The molecule has 0 atom stereocenters. The second kappa shape index (κ2) is 7.02. The molecule has 0 rings (SSSR count). The number of rotatable bonds is 3. The van der Waals surface area contributed by atoms with Gasteiger partial charge in [0.25, 0.3) is 0 Å². The maximum absolute atomic E-state index is 3.63. The van der Waals surface area contributed by atoms with E-state index < -0.39 is 0 Å². The van der Waals surface area contributed by atoms with Crippen molar-refractivity contribution < 1.29 is 0 Å². The summed E-state index contributed by atoms with van der Waals surface area (Å²) in [4.78, 5) is 2.14. The van der Waals surface area contributed by atoms with E-state index in [1.807, 2.05) is 6.20 Å². The molecular formula is C6H14BrN. The van der Waals surface area contributed by atoms with Gasteiger partial charge in [-0.3, -0.25) is 0 Å². The Hall–Kier alpha value is 0.0200. The minimum Gasteiger partial charge on any atom is -0.378 e. The van der Waals surface area contributed by atoms with Gasteiger partial charge in [-0.25, -0.2) is 0 Å². The van der Waals surface area contributed by atoms with Crippen molar-refractivity contribution in [2.24, 2.45) is 0 Å². The largest absolute Gasteiger partial charge is 0.378 e. The summed E-state index contributed by atoms with van der Waals surface area (Å²) in [7, 11) is 0. The van der Waals surface area contributed by atoms with Gasteiger partial charge in [0.05, 0.1) is 0 Å². The van der Waals surface area contributed by atoms with Crippen LogP contribution in [-0.2, 0) is 0 Å². The van der Waals surface area contributed by atoms with Gasteiger partial charge in [-0.15, -0.1) is 17.0 Å². The predicted octanol–water partition coefficient (Wildman–Crippen LogP) is 2.05. The van der Waals surface area contributed by atoms with E-state index >= 15 is 0 Å². The maximum atomic E-state index is 3.63. The Kier molecular flexibility index (Phi) is 9.57. The molecule has 0 unspecified atom stereocenters. The molecule has 50 valence electrons. The summed E-state index contributed by atoms with van der Waals surface area (Å²) in [5, 5.41) is 0. The molecule has 0 radical (unpaired) electrons. The van der Waals surface area contributed by atoms with Crippen LogP contribution >= 0.6 is 17.0 Å². The van der Waals surface area contributed by atoms with Crippen molar-refractivity contribution in [1.29, 1.82) is 0 Å². The first kappa shape index (κ1) is 10.9. The summed E-state index contributed by atoms with van der Waals surface area (Å²) in [5.74, 6) is 0. The Bertz CT molecular complexity index is 50.5. The van der Waals surface area contributed by atoms with Crippen molar-refractivity contribution >= 4 is 17.0 Å². The zero-order chi connectivity index (χ0) is 5.70. The molecule has 0 aliphatic rings. The SMILES string of the molecule is Br.C=CN(CC)CC. The fourth-order valence-electron chi connectivity index (χ4n) is 0.482. The van der Waals surface area contributed by atoms with E-state index in [9.17, 15) is 0 Å². The van der Waals surface area contributed by atoms with Crippen molar-refractivity contribution in [3.8, 4) is 0 Å². The van der Waals surface area contributed by atoms with Gasteiger partial charge >= 0.3 is 0 Å². The third-order valence-corrected chi connectivity index (χ3v) is 1.07. The lowest BCUT2D eigenvalue weighted by molar-refractivity contribution is 0.420. The first-order chi connectivity index (χ1) is 3.35. The van der Waals surface area contributed by atoms with E-state index in [0.717, 1.165) is 13.1 Å². The van der Waals surface area contributed by atoms with Crippen LogP contribution in [-0.4, -0.2) is 18.0 Å². The highest BCUT2D eigenvalue weighted by molar-refractivity contribution is 8.93. The van der Waals surface area contributed by atoms with E-state index in [0.29, 0.717) is 0 Å². The van der Waals surface area contributed by atoms with Crippen LogP contribution in [0.3, 0.4) is 0 Å². The molecule has 8 heavy (non-hydrogen) atoms. The molecule has 0 saturated heterocycles. The average molecular weight is 180 g/mol. The first-order valence-electron chi connectivity index (χ1n) is 2.71.